The van der Waals surface area contributed by atoms with Crippen LogP contribution in [0.25, 0.3) is 0 Å². The number of rotatable bonds is 2. The van der Waals surface area contributed by atoms with E-state index in [1.165, 1.54) is 9.13 Å². The van der Waals surface area contributed by atoms with Crippen LogP contribution >= 0.6 is 22.6 Å². The van der Waals surface area contributed by atoms with Crippen molar-refractivity contribution in [1.29, 1.82) is 0 Å². The first-order chi connectivity index (χ1) is 8.76. The van der Waals surface area contributed by atoms with E-state index in [4.69, 9.17) is 9.47 Å². The van der Waals surface area contributed by atoms with Crippen LogP contribution in [-0.2, 0) is 16.0 Å². The van der Waals surface area contributed by atoms with Crippen molar-refractivity contribution in [1.82, 2.24) is 4.90 Å². The normalized spacial score (nSPS) is 23.6. The quantitative estimate of drug-likeness (QED) is 0.758. The zero-order valence-corrected chi connectivity index (χ0v) is 12.6. The second kappa shape index (κ2) is 5.45. The summed E-state index contributed by atoms with van der Waals surface area (Å²) in [6, 6.07) is 8.78. The van der Waals surface area contributed by atoms with Crippen molar-refractivity contribution in [3.8, 4) is 0 Å². The maximum atomic E-state index is 5.75. The van der Waals surface area contributed by atoms with Gasteiger partial charge in [0.05, 0.1) is 13.2 Å². The van der Waals surface area contributed by atoms with E-state index in [9.17, 15) is 0 Å². The minimum absolute atomic E-state index is 0.247. The number of nitrogens with zero attached hydrogens (tertiary/aromatic N) is 1. The Hall–Kier alpha value is -0.170. The van der Waals surface area contributed by atoms with Gasteiger partial charge in [-0.3, -0.25) is 4.90 Å². The molecule has 0 atom stereocenters. The average Bonchev–Trinajstić information content (AvgIpc) is 2.84. The minimum Gasteiger partial charge on any atom is -0.347 e. The molecule has 1 aromatic rings. The molecule has 98 valence electrons. The third-order valence-electron chi connectivity index (χ3n) is 3.75. The molecule has 4 heteroatoms. The summed E-state index contributed by atoms with van der Waals surface area (Å²) in [4.78, 5) is 2.48. The van der Waals surface area contributed by atoms with E-state index in [0.717, 1.165) is 45.7 Å². The molecule has 3 nitrogen and oxygen atoms in total. The third kappa shape index (κ3) is 2.87. The fourth-order valence-corrected chi connectivity index (χ4v) is 3.05. The van der Waals surface area contributed by atoms with Crippen LogP contribution in [0.5, 0.6) is 0 Å². The molecular formula is C14H18INO2. The number of halogens is 1. The number of ether oxygens (including phenoxy) is 2. The van der Waals surface area contributed by atoms with Gasteiger partial charge in [0.1, 0.15) is 0 Å². The zero-order chi connectivity index (χ0) is 12.4. The predicted molar refractivity (Wildman–Crippen MR) is 78.3 cm³/mol. The van der Waals surface area contributed by atoms with Crippen molar-refractivity contribution in [2.45, 2.75) is 25.2 Å². The van der Waals surface area contributed by atoms with Gasteiger partial charge in [-0.1, -0.05) is 12.1 Å². The number of hydrogen-bond donors (Lipinski definition) is 0. The van der Waals surface area contributed by atoms with Crippen molar-refractivity contribution in [3.63, 3.8) is 0 Å². The van der Waals surface area contributed by atoms with E-state index in [-0.39, 0.29) is 5.79 Å². The van der Waals surface area contributed by atoms with E-state index < -0.39 is 0 Å². The Kier molecular flexibility index (Phi) is 3.89. The van der Waals surface area contributed by atoms with Crippen LogP contribution in [0, 0.1) is 3.57 Å². The molecule has 2 aliphatic rings. The molecule has 0 amide bonds. The summed E-state index contributed by atoms with van der Waals surface area (Å²) < 4.78 is 12.8. The van der Waals surface area contributed by atoms with Gasteiger partial charge in [-0.05, 0) is 40.3 Å². The maximum absolute atomic E-state index is 5.75. The molecule has 1 spiro atoms. The van der Waals surface area contributed by atoms with Crippen LogP contribution in [0.15, 0.2) is 24.3 Å². The molecule has 18 heavy (non-hydrogen) atoms. The first-order valence-corrected chi connectivity index (χ1v) is 7.58. The third-order valence-corrected chi connectivity index (χ3v) is 4.47. The lowest BCUT2D eigenvalue weighted by atomic mass is 10.0. The standard InChI is InChI=1S/C14H18INO2/c15-13-3-1-12(2-4-13)11-16-7-5-14(6-8-16)17-9-10-18-14/h1-4H,5-11H2. The molecule has 0 aliphatic carbocycles. The molecule has 0 saturated carbocycles. The summed E-state index contributed by atoms with van der Waals surface area (Å²) in [6.07, 6.45) is 1.99. The molecule has 2 saturated heterocycles. The molecular weight excluding hydrogens is 341 g/mol. The summed E-state index contributed by atoms with van der Waals surface area (Å²) in [6.45, 7) is 4.68. The Labute approximate surface area is 122 Å². The Balaban J connectivity index is 1.55. The fourth-order valence-electron chi connectivity index (χ4n) is 2.69. The zero-order valence-electron chi connectivity index (χ0n) is 10.4. The molecule has 0 N–H and O–H groups in total. The van der Waals surface area contributed by atoms with Gasteiger partial charge in [-0.25, -0.2) is 0 Å². The van der Waals surface area contributed by atoms with Crippen LogP contribution in [0.1, 0.15) is 18.4 Å². The highest BCUT2D eigenvalue weighted by Crippen LogP contribution is 2.31. The predicted octanol–water partition coefficient (Wildman–Crippen LogP) is 2.63. The maximum Gasteiger partial charge on any atom is 0.170 e. The molecule has 2 fully saturated rings. The number of piperidine rings is 1. The van der Waals surface area contributed by atoms with Gasteiger partial charge in [0.2, 0.25) is 0 Å². The molecule has 0 unspecified atom stereocenters. The van der Waals surface area contributed by atoms with Gasteiger partial charge in [-0.2, -0.15) is 0 Å². The van der Waals surface area contributed by atoms with Crippen molar-refractivity contribution in [3.05, 3.63) is 33.4 Å². The number of benzene rings is 1. The molecule has 0 radical (unpaired) electrons. The SMILES string of the molecule is Ic1ccc(CN2CCC3(CC2)OCCO3)cc1. The topological polar surface area (TPSA) is 21.7 Å². The summed E-state index contributed by atoms with van der Waals surface area (Å²) in [5.74, 6) is -0.247. The smallest absolute Gasteiger partial charge is 0.170 e. The second-order valence-electron chi connectivity index (χ2n) is 5.01. The summed E-state index contributed by atoms with van der Waals surface area (Å²) in [5, 5.41) is 0. The molecule has 1 aromatic carbocycles. The number of hydrogen-bond acceptors (Lipinski definition) is 3. The number of likely N-dealkylation sites (tertiary alicyclic amines) is 1. The minimum atomic E-state index is -0.247. The average molecular weight is 359 g/mol. The lowest BCUT2D eigenvalue weighted by molar-refractivity contribution is -0.185. The van der Waals surface area contributed by atoms with E-state index in [1.54, 1.807) is 0 Å². The summed E-state index contributed by atoms with van der Waals surface area (Å²) in [5.41, 5.74) is 1.39. The molecule has 2 aliphatic heterocycles. The van der Waals surface area contributed by atoms with Crippen molar-refractivity contribution in [2.24, 2.45) is 0 Å². The van der Waals surface area contributed by atoms with E-state index in [2.05, 4.69) is 51.8 Å². The fraction of sp³-hybridized carbons (Fsp3) is 0.571. The first kappa shape index (κ1) is 12.8. The Morgan fingerprint density at radius 3 is 2.28 bits per heavy atom. The lowest BCUT2D eigenvalue weighted by Crippen LogP contribution is -2.44. The second-order valence-corrected chi connectivity index (χ2v) is 6.26. The van der Waals surface area contributed by atoms with Gasteiger partial charge < -0.3 is 9.47 Å². The van der Waals surface area contributed by atoms with Gasteiger partial charge in [0, 0.05) is 36.0 Å². The van der Waals surface area contributed by atoms with Crippen molar-refractivity contribution in [2.75, 3.05) is 26.3 Å². The van der Waals surface area contributed by atoms with Crippen LogP contribution in [0.2, 0.25) is 0 Å². The Morgan fingerprint density at radius 1 is 1.06 bits per heavy atom. The van der Waals surface area contributed by atoms with Gasteiger partial charge >= 0.3 is 0 Å². The van der Waals surface area contributed by atoms with Gasteiger partial charge in [0.15, 0.2) is 5.79 Å². The molecule has 0 bridgehead atoms. The Bertz CT molecular complexity index is 391. The van der Waals surface area contributed by atoms with Crippen LogP contribution in [-0.4, -0.2) is 37.0 Å². The van der Waals surface area contributed by atoms with Crippen LogP contribution < -0.4 is 0 Å². The lowest BCUT2D eigenvalue weighted by Gasteiger charge is -2.37. The highest BCUT2D eigenvalue weighted by molar-refractivity contribution is 14.1. The first-order valence-electron chi connectivity index (χ1n) is 6.51. The van der Waals surface area contributed by atoms with Crippen LogP contribution in [0.3, 0.4) is 0 Å². The van der Waals surface area contributed by atoms with Crippen LogP contribution in [0.4, 0.5) is 0 Å². The van der Waals surface area contributed by atoms with E-state index in [0.29, 0.717) is 0 Å². The van der Waals surface area contributed by atoms with Crippen molar-refractivity contribution >= 4 is 22.6 Å². The monoisotopic (exact) mass is 359 g/mol. The van der Waals surface area contributed by atoms with E-state index >= 15 is 0 Å². The van der Waals surface area contributed by atoms with Gasteiger partial charge in [-0.15, -0.1) is 0 Å². The molecule has 3 rings (SSSR count). The Morgan fingerprint density at radius 2 is 1.67 bits per heavy atom. The largest absolute Gasteiger partial charge is 0.347 e. The van der Waals surface area contributed by atoms with Crippen molar-refractivity contribution < 1.29 is 9.47 Å². The summed E-state index contributed by atoms with van der Waals surface area (Å²) in [7, 11) is 0. The highest BCUT2D eigenvalue weighted by Gasteiger charge is 2.39. The van der Waals surface area contributed by atoms with E-state index in [1.807, 2.05) is 0 Å². The highest BCUT2D eigenvalue weighted by atomic mass is 127. The summed E-state index contributed by atoms with van der Waals surface area (Å²) >= 11 is 2.34. The molecule has 0 aromatic heterocycles. The molecule has 2 heterocycles. The van der Waals surface area contributed by atoms with Gasteiger partial charge in [0.25, 0.3) is 0 Å².